The lowest BCUT2D eigenvalue weighted by Crippen LogP contribution is -2.33. The van der Waals surface area contributed by atoms with E-state index in [0.29, 0.717) is 12.1 Å². The first-order chi connectivity index (χ1) is 11.4. The number of hydrogen-bond acceptors (Lipinski definition) is 3. The van der Waals surface area contributed by atoms with Crippen LogP contribution >= 0.6 is 0 Å². The summed E-state index contributed by atoms with van der Waals surface area (Å²) in [5, 5.41) is 0. The average Bonchev–Trinajstić information content (AvgIpc) is 2.52. The molecule has 0 bridgehead atoms. The highest BCUT2D eigenvalue weighted by Gasteiger charge is 2.37. The van der Waals surface area contributed by atoms with Crippen LogP contribution in [0.2, 0.25) is 0 Å². The van der Waals surface area contributed by atoms with Crippen LogP contribution in [0.15, 0.2) is 18.2 Å². The molecule has 0 aliphatic rings. The molecule has 0 aliphatic heterocycles. The van der Waals surface area contributed by atoms with Gasteiger partial charge in [0.15, 0.2) is 0 Å². The zero-order chi connectivity index (χ0) is 19.4. The SMILES string of the molecule is CCN(CCC(=O)OC)C(=O)c1cc(C(F)(F)F)cc(C(F)(F)F)c1. The van der Waals surface area contributed by atoms with E-state index in [1.165, 1.54) is 6.92 Å². The van der Waals surface area contributed by atoms with Gasteiger partial charge in [-0.1, -0.05) is 0 Å². The summed E-state index contributed by atoms with van der Waals surface area (Å²) in [7, 11) is 1.11. The normalized spacial score (nSPS) is 12.0. The summed E-state index contributed by atoms with van der Waals surface area (Å²) in [4.78, 5) is 24.3. The van der Waals surface area contributed by atoms with Crippen LogP contribution in [0, 0.1) is 0 Å². The molecule has 0 fully saturated rings. The molecular weight excluding hydrogens is 356 g/mol. The number of ether oxygens (including phenoxy) is 1. The van der Waals surface area contributed by atoms with Crippen molar-refractivity contribution in [2.24, 2.45) is 0 Å². The van der Waals surface area contributed by atoms with E-state index >= 15 is 0 Å². The number of nitrogens with zero attached hydrogens (tertiary/aromatic N) is 1. The molecule has 0 radical (unpaired) electrons. The largest absolute Gasteiger partial charge is 0.469 e. The smallest absolute Gasteiger partial charge is 0.416 e. The third-order valence-corrected chi connectivity index (χ3v) is 3.32. The first-order valence-electron chi connectivity index (χ1n) is 7.05. The summed E-state index contributed by atoms with van der Waals surface area (Å²) < 4.78 is 81.4. The minimum absolute atomic E-state index is 0.00652. The topological polar surface area (TPSA) is 46.6 Å². The summed E-state index contributed by atoms with van der Waals surface area (Å²) in [6.07, 6.45) is -10.3. The lowest BCUT2D eigenvalue weighted by atomic mass is 10.0. The maximum absolute atomic E-state index is 12.8. The molecule has 1 aromatic carbocycles. The average molecular weight is 371 g/mol. The van der Waals surface area contributed by atoms with Gasteiger partial charge in [-0.2, -0.15) is 26.3 Å². The Morgan fingerprint density at radius 1 is 1.00 bits per heavy atom. The molecule has 0 spiro atoms. The Kier molecular flexibility index (Phi) is 6.44. The fourth-order valence-corrected chi connectivity index (χ4v) is 1.99. The second-order valence-corrected chi connectivity index (χ2v) is 5.01. The zero-order valence-corrected chi connectivity index (χ0v) is 13.3. The lowest BCUT2D eigenvalue weighted by molar-refractivity contribution is -0.143. The number of benzene rings is 1. The van der Waals surface area contributed by atoms with Crippen LogP contribution in [-0.2, 0) is 21.9 Å². The molecule has 0 atom stereocenters. The Bertz CT molecular complexity index is 607. The number of methoxy groups -OCH3 is 1. The molecular formula is C15H15F6NO3. The van der Waals surface area contributed by atoms with Crippen molar-refractivity contribution in [3.05, 3.63) is 34.9 Å². The highest BCUT2D eigenvalue weighted by atomic mass is 19.4. The fourth-order valence-electron chi connectivity index (χ4n) is 1.99. The summed E-state index contributed by atoms with van der Waals surface area (Å²) in [6.45, 7) is 1.28. The number of carbonyl (C=O) groups excluding carboxylic acids is 2. The zero-order valence-electron chi connectivity index (χ0n) is 13.3. The number of hydrogen-bond donors (Lipinski definition) is 0. The van der Waals surface area contributed by atoms with Gasteiger partial charge in [0, 0.05) is 18.7 Å². The molecule has 4 nitrogen and oxygen atoms in total. The van der Waals surface area contributed by atoms with Gasteiger partial charge in [-0.25, -0.2) is 0 Å². The highest BCUT2D eigenvalue weighted by molar-refractivity contribution is 5.95. The predicted molar refractivity (Wildman–Crippen MR) is 74.7 cm³/mol. The highest BCUT2D eigenvalue weighted by Crippen LogP contribution is 2.36. The van der Waals surface area contributed by atoms with Crippen molar-refractivity contribution in [1.82, 2.24) is 4.90 Å². The van der Waals surface area contributed by atoms with Gasteiger partial charge in [-0.05, 0) is 25.1 Å². The van der Waals surface area contributed by atoms with Crippen LogP contribution in [0.1, 0.15) is 34.8 Å². The second kappa shape index (κ2) is 7.75. The van der Waals surface area contributed by atoms with Gasteiger partial charge in [0.25, 0.3) is 5.91 Å². The molecule has 0 N–H and O–H groups in total. The van der Waals surface area contributed by atoms with E-state index in [0.717, 1.165) is 12.0 Å². The number of rotatable bonds is 5. The standard InChI is InChI=1S/C15H15F6NO3/c1-3-22(5-4-12(23)25-2)13(24)9-6-10(14(16,17)18)8-11(7-9)15(19,20)21/h6-8H,3-5H2,1-2H3. The minimum atomic E-state index is -5.04. The van der Waals surface area contributed by atoms with Gasteiger partial charge in [0.05, 0.1) is 24.7 Å². The number of esters is 1. The van der Waals surface area contributed by atoms with Gasteiger partial charge in [0.1, 0.15) is 0 Å². The Balaban J connectivity index is 3.24. The predicted octanol–water partition coefficient (Wildman–Crippen LogP) is 3.75. The van der Waals surface area contributed by atoms with Crippen molar-refractivity contribution in [2.75, 3.05) is 20.2 Å². The minimum Gasteiger partial charge on any atom is -0.469 e. The van der Waals surface area contributed by atoms with E-state index in [1.807, 2.05) is 0 Å². The van der Waals surface area contributed by atoms with Crippen molar-refractivity contribution < 1.29 is 40.7 Å². The molecule has 1 aromatic rings. The van der Waals surface area contributed by atoms with Crippen LogP contribution < -0.4 is 0 Å². The number of alkyl halides is 6. The van der Waals surface area contributed by atoms with E-state index in [-0.39, 0.29) is 25.6 Å². The van der Waals surface area contributed by atoms with Crippen molar-refractivity contribution in [1.29, 1.82) is 0 Å². The van der Waals surface area contributed by atoms with Crippen LogP contribution in [0.4, 0.5) is 26.3 Å². The molecule has 0 saturated heterocycles. The van der Waals surface area contributed by atoms with Gasteiger partial charge < -0.3 is 9.64 Å². The summed E-state index contributed by atoms with van der Waals surface area (Å²) in [5.74, 6) is -1.70. The molecule has 25 heavy (non-hydrogen) atoms. The monoisotopic (exact) mass is 371 g/mol. The molecule has 0 saturated carbocycles. The molecule has 1 rings (SSSR count). The Morgan fingerprint density at radius 3 is 1.84 bits per heavy atom. The maximum Gasteiger partial charge on any atom is 0.416 e. The first-order valence-corrected chi connectivity index (χ1v) is 7.05. The molecule has 0 aliphatic carbocycles. The van der Waals surface area contributed by atoms with Crippen LogP contribution in [-0.4, -0.2) is 37.0 Å². The molecule has 10 heteroatoms. The van der Waals surface area contributed by atoms with Gasteiger partial charge in [-0.3, -0.25) is 9.59 Å². The summed E-state index contributed by atoms with van der Waals surface area (Å²) in [6, 6.07) is 0.665. The molecule has 0 heterocycles. The van der Waals surface area contributed by atoms with Crippen molar-refractivity contribution in [3.8, 4) is 0 Å². The molecule has 0 unspecified atom stereocenters. The number of carbonyl (C=O) groups is 2. The fraction of sp³-hybridized carbons (Fsp3) is 0.467. The first kappa shape index (κ1) is 20.8. The lowest BCUT2D eigenvalue weighted by Gasteiger charge is -2.22. The number of halogens is 6. The van der Waals surface area contributed by atoms with Crippen LogP contribution in [0.5, 0.6) is 0 Å². The van der Waals surface area contributed by atoms with Gasteiger partial charge in [-0.15, -0.1) is 0 Å². The van der Waals surface area contributed by atoms with Gasteiger partial charge >= 0.3 is 18.3 Å². The van der Waals surface area contributed by atoms with Crippen molar-refractivity contribution in [2.45, 2.75) is 25.7 Å². The Labute approximate surface area is 139 Å². The van der Waals surface area contributed by atoms with E-state index in [2.05, 4.69) is 4.74 Å². The third-order valence-electron chi connectivity index (χ3n) is 3.32. The molecule has 140 valence electrons. The molecule has 0 aromatic heterocycles. The van der Waals surface area contributed by atoms with Crippen LogP contribution in [0.3, 0.4) is 0 Å². The van der Waals surface area contributed by atoms with E-state index < -0.39 is 40.9 Å². The van der Waals surface area contributed by atoms with Gasteiger partial charge in [0.2, 0.25) is 0 Å². The maximum atomic E-state index is 12.8. The second-order valence-electron chi connectivity index (χ2n) is 5.01. The quantitative estimate of drug-likeness (QED) is 0.585. The number of amides is 1. The van der Waals surface area contributed by atoms with Crippen molar-refractivity contribution in [3.63, 3.8) is 0 Å². The Morgan fingerprint density at radius 2 is 1.48 bits per heavy atom. The third kappa shape index (κ3) is 5.64. The van der Waals surface area contributed by atoms with E-state index in [9.17, 15) is 35.9 Å². The Hall–Kier alpha value is -2.26. The molecule has 1 amide bonds. The van der Waals surface area contributed by atoms with E-state index in [4.69, 9.17) is 0 Å². The van der Waals surface area contributed by atoms with E-state index in [1.54, 1.807) is 0 Å². The summed E-state index contributed by atoms with van der Waals surface area (Å²) in [5.41, 5.74) is -3.90. The van der Waals surface area contributed by atoms with Crippen molar-refractivity contribution >= 4 is 11.9 Å². The van der Waals surface area contributed by atoms with Crippen LogP contribution in [0.25, 0.3) is 0 Å². The summed E-state index contributed by atoms with van der Waals surface area (Å²) >= 11 is 0.